The van der Waals surface area contributed by atoms with Gasteiger partial charge in [-0.05, 0) is 36.2 Å². The minimum atomic E-state index is -0.833. The van der Waals surface area contributed by atoms with Gasteiger partial charge >= 0.3 is 0 Å². The van der Waals surface area contributed by atoms with Crippen LogP contribution in [0.1, 0.15) is 23.6 Å². The highest BCUT2D eigenvalue weighted by Crippen LogP contribution is 2.29. The molecule has 0 saturated carbocycles. The van der Waals surface area contributed by atoms with E-state index in [9.17, 15) is 0 Å². The normalized spacial score (nSPS) is 10.4. The van der Waals surface area contributed by atoms with Gasteiger partial charge in [-0.25, -0.2) is 4.98 Å². The molecular weight excluding hydrogens is 368 g/mol. The smallest absolute Gasteiger partial charge is 0.300 e. The Kier molecular flexibility index (Phi) is 5.73. The van der Waals surface area contributed by atoms with Crippen LogP contribution in [0.5, 0.6) is 0 Å². The number of carboxylic acid groups (broad SMARTS) is 1. The topological polar surface area (TPSA) is 133 Å². The minimum Gasteiger partial charge on any atom is -0.481 e. The Bertz CT molecular complexity index is 1150. The summed E-state index contributed by atoms with van der Waals surface area (Å²) in [6.45, 7) is 3.18. The van der Waals surface area contributed by atoms with Crippen LogP contribution < -0.4 is 11.5 Å². The Balaban J connectivity index is 0.000000552. The van der Waals surface area contributed by atoms with Crippen LogP contribution in [0.2, 0.25) is 0 Å². The Morgan fingerprint density at radius 3 is 2.48 bits per heavy atom. The first-order valence-corrected chi connectivity index (χ1v) is 8.93. The Labute approximate surface area is 167 Å². The summed E-state index contributed by atoms with van der Waals surface area (Å²) in [5, 5.41) is 8.51. The molecule has 8 heteroatoms. The van der Waals surface area contributed by atoms with Crippen molar-refractivity contribution in [2.24, 2.45) is 0 Å². The Hall–Kier alpha value is -3.94. The summed E-state index contributed by atoms with van der Waals surface area (Å²) in [5.74, 6) is -0.233. The van der Waals surface area contributed by atoms with E-state index in [-0.39, 0.29) is 5.95 Å². The number of carboxylic acids is 1. The first-order chi connectivity index (χ1) is 13.9. The van der Waals surface area contributed by atoms with E-state index in [0.717, 1.165) is 40.2 Å². The van der Waals surface area contributed by atoms with E-state index in [1.807, 2.05) is 36.8 Å². The average Bonchev–Trinajstić information content (AvgIpc) is 3.18. The molecule has 0 aliphatic rings. The number of rotatable bonds is 3. The lowest BCUT2D eigenvalue weighted by molar-refractivity contribution is -0.134. The highest BCUT2D eigenvalue weighted by Gasteiger charge is 2.14. The molecule has 0 bridgehead atoms. The van der Waals surface area contributed by atoms with Gasteiger partial charge in [-0.2, -0.15) is 4.98 Å². The molecule has 4 rings (SSSR count). The number of nitrogens with two attached hydrogens (primary N) is 2. The van der Waals surface area contributed by atoms with Gasteiger partial charge < -0.3 is 21.1 Å². The van der Waals surface area contributed by atoms with Crippen LogP contribution in [0.25, 0.3) is 16.6 Å². The molecule has 4 aromatic rings. The lowest BCUT2D eigenvalue weighted by Gasteiger charge is -2.15. The van der Waals surface area contributed by atoms with Crippen molar-refractivity contribution in [3.63, 3.8) is 0 Å². The molecule has 0 atom stereocenters. The number of aromatic nitrogens is 4. The fraction of sp³-hybridized carbons (Fsp3) is 0.143. The standard InChI is InChI=1S/C19H18N6.C2H4O2/c1-12-9-13(10-14-11-23-19(21)24-18(14)20)15-5-4-6-22-16(15)17(12)25-7-2-3-8-25;1-2(3)4/h2-9,11H,10H2,1H3,(H4,20,21,23,24);1H3,(H,3,4). The lowest BCUT2D eigenvalue weighted by atomic mass is 9.97. The van der Waals surface area contributed by atoms with Crippen molar-refractivity contribution in [3.8, 4) is 5.69 Å². The second-order valence-electron chi connectivity index (χ2n) is 6.53. The van der Waals surface area contributed by atoms with Crippen molar-refractivity contribution in [1.29, 1.82) is 0 Å². The molecule has 3 heterocycles. The van der Waals surface area contributed by atoms with Crippen molar-refractivity contribution < 1.29 is 9.90 Å². The quantitative estimate of drug-likeness (QED) is 0.490. The van der Waals surface area contributed by atoms with Crippen LogP contribution in [0.15, 0.2) is 55.1 Å². The summed E-state index contributed by atoms with van der Waals surface area (Å²) in [6, 6.07) is 10.2. The third kappa shape index (κ3) is 4.49. The van der Waals surface area contributed by atoms with Gasteiger partial charge in [-0.15, -0.1) is 0 Å². The molecule has 8 nitrogen and oxygen atoms in total. The number of hydrogen-bond donors (Lipinski definition) is 3. The van der Waals surface area contributed by atoms with E-state index in [4.69, 9.17) is 21.4 Å². The molecule has 29 heavy (non-hydrogen) atoms. The molecule has 0 radical (unpaired) electrons. The minimum absolute atomic E-state index is 0.187. The SMILES string of the molecule is CC(=O)O.Cc1cc(Cc2cnc(N)nc2N)c2cccnc2c1-n1cccc1. The van der Waals surface area contributed by atoms with Crippen molar-refractivity contribution in [3.05, 3.63) is 71.8 Å². The monoisotopic (exact) mass is 390 g/mol. The number of nitrogens with zero attached hydrogens (tertiary/aromatic N) is 4. The van der Waals surface area contributed by atoms with Crippen molar-refractivity contribution in [2.45, 2.75) is 20.3 Å². The summed E-state index contributed by atoms with van der Waals surface area (Å²) < 4.78 is 2.09. The number of pyridine rings is 1. The maximum atomic E-state index is 9.00. The molecule has 148 valence electrons. The number of benzene rings is 1. The van der Waals surface area contributed by atoms with E-state index < -0.39 is 5.97 Å². The maximum absolute atomic E-state index is 9.00. The number of fused-ring (bicyclic) bond motifs is 1. The van der Waals surface area contributed by atoms with Gasteiger partial charge in [0.1, 0.15) is 5.82 Å². The van der Waals surface area contributed by atoms with Gasteiger partial charge in [-0.3, -0.25) is 9.78 Å². The Morgan fingerprint density at radius 2 is 1.83 bits per heavy atom. The zero-order valence-electron chi connectivity index (χ0n) is 16.2. The first kappa shape index (κ1) is 19.8. The fourth-order valence-electron chi connectivity index (χ4n) is 3.18. The van der Waals surface area contributed by atoms with Crippen LogP contribution in [0, 0.1) is 6.92 Å². The number of aryl methyl sites for hydroxylation is 1. The molecule has 0 amide bonds. The largest absolute Gasteiger partial charge is 0.481 e. The molecule has 0 aliphatic carbocycles. The van der Waals surface area contributed by atoms with Gasteiger partial charge in [-0.1, -0.05) is 12.1 Å². The van der Waals surface area contributed by atoms with Crippen LogP contribution in [-0.4, -0.2) is 30.6 Å². The molecule has 0 spiro atoms. The predicted octanol–water partition coefficient (Wildman–Crippen LogP) is 2.97. The van der Waals surface area contributed by atoms with E-state index in [1.54, 1.807) is 6.20 Å². The molecule has 0 saturated heterocycles. The van der Waals surface area contributed by atoms with Gasteiger partial charge in [0.05, 0.1) is 11.2 Å². The number of hydrogen-bond acceptors (Lipinski definition) is 6. The third-order valence-corrected chi connectivity index (χ3v) is 4.30. The zero-order valence-corrected chi connectivity index (χ0v) is 16.2. The third-order valence-electron chi connectivity index (χ3n) is 4.30. The summed E-state index contributed by atoms with van der Waals surface area (Å²) in [5.41, 5.74) is 16.8. The van der Waals surface area contributed by atoms with E-state index in [0.29, 0.717) is 12.2 Å². The van der Waals surface area contributed by atoms with Gasteiger partial charge in [0.25, 0.3) is 5.97 Å². The highest BCUT2D eigenvalue weighted by molar-refractivity contribution is 5.91. The molecule has 1 aromatic carbocycles. The molecule has 0 aliphatic heterocycles. The molecular formula is C21H22N6O2. The van der Waals surface area contributed by atoms with E-state index >= 15 is 0 Å². The highest BCUT2D eigenvalue weighted by atomic mass is 16.4. The number of nitrogen functional groups attached to an aromatic ring is 2. The molecule has 0 unspecified atom stereocenters. The zero-order chi connectivity index (χ0) is 21.0. The molecule has 3 aromatic heterocycles. The second kappa shape index (κ2) is 8.39. The fourth-order valence-corrected chi connectivity index (χ4v) is 3.18. The average molecular weight is 390 g/mol. The Morgan fingerprint density at radius 1 is 1.14 bits per heavy atom. The van der Waals surface area contributed by atoms with Crippen LogP contribution >= 0.6 is 0 Å². The van der Waals surface area contributed by atoms with E-state index in [2.05, 4.69) is 38.6 Å². The van der Waals surface area contributed by atoms with Crippen LogP contribution in [0.4, 0.5) is 11.8 Å². The van der Waals surface area contributed by atoms with Crippen LogP contribution in [0.3, 0.4) is 0 Å². The van der Waals surface area contributed by atoms with Crippen molar-refractivity contribution in [2.75, 3.05) is 11.5 Å². The van der Waals surface area contributed by atoms with Crippen molar-refractivity contribution in [1.82, 2.24) is 19.5 Å². The molecule has 0 fully saturated rings. The first-order valence-electron chi connectivity index (χ1n) is 8.93. The van der Waals surface area contributed by atoms with Crippen LogP contribution in [-0.2, 0) is 11.2 Å². The maximum Gasteiger partial charge on any atom is 0.300 e. The predicted molar refractivity (Wildman–Crippen MR) is 113 cm³/mol. The summed E-state index contributed by atoms with van der Waals surface area (Å²) in [4.78, 5) is 21.8. The summed E-state index contributed by atoms with van der Waals surface area (Å²) in [7, 11) is 0. The lowest BCUT2D eigenvalue weighted by Crippen LogP contribution is -2.05. The van der Waals surface area contributed by atoms with Gasteiger partial charge in [0.2, 0.25) is 5.95 Å². The second-order valence-corrected chi connectivity index (χ2v) is 6.53. The number of carbonyl (C=O) groups is 1. The summed E-state index contributed by atoms with van der Waals surface area (Å²) >= 11 is 0. The van der Waals surface area contributed by atoms with Crippen molar-refractivity contribution >= 4 is 28.6 Å². The number of anilines is 2. The van der Waals surface area contributed by atoms with Gasteiger partial charge in [0.15, 0.2) is 0 Å². The molecule has 5 N–H and O–H groups in total. The van der Waals surface area contributed by atoms with Gasteiger partial charge in [0, 0.05) is 49.1 Å². The number of aliphatic carboxylic acids is 1. The summed E-state index contributed by atoms with van der Waals surface area (Å²) in [6.07, 6.45) is 8.19. The van der Waals surface area contributed by atoms with E-state index in [1.165, 1.54) is 0 Å².